The van der Waals surface area contributed by atoms with Crippen LogP contribution in [0.25, 0.3) is 0 Å². The van der Waals surface area contributed by atoms with Crippen LogP contribution in [0.1, 0.15) is 28.7 Å². The summed E-state index contributed by atoms with van der Waals surface area (Å²) in [5.74, 6) is 0.585. The minimum Gasteiger partial charge on any atom is -0.469 e. The molecule has 0 saturated carbocycles. The Bertz CT molecular complexity index is 535. The van der Waals surface area contributed by atoms with Gasteiger partial charge >= 0.3 is 5.97 Å². The summed E-state index contributed by atoms with van der Waals surface area (Å²) in [5, 5.41) is 3.36. The van der Waals surface area contributed by atoms with Crippen LogP contribution in [0.4, 0.5) is 0 Å². The van der Waals surface area contributed by atoms with Crippen molar-refractivity contribution in [3.05, 3.63) is 53.7 Å². The molecule has 0 spiro atoms. The molecule has 0 radical (unpaired) electrons. The third kappa shape index (κ3) is 3.93. The van der Waals surface area contributed by atoms with Crippen LogP contribution in [0.15, 0.2) is 41.1 Å². The van der Waals surface area contributed by atoms with E-state index in [4.69, 9.17) is 4.42 Å². The van der Waals surface area contributed by atoms with Crippen molar-refractivity contribution >= 4 is 5.97 Å². The molecule has 0 saturated heterocycles. The van der Waals surface area contributed by atoms with Gasteiger partial charge < -0.3 is 14.5 Å². The van der Waals surface area contributed by atoms with Crippen molar-refractivity contribution in [2.45, 2.75) is 25.9 Å². The van der Waals surface area contributed by atoms with E-state index in [0.717, 1.165) is 17.9 Å². The predicted molar refractivity (Wildman–Crippen MR) is 74.3 cm³/mol. The van der Waals surface area contributed by atoms with Crippen molar-refractivity contribution in [3.8, 4) is 0 Å². The highest BCUT2D eigenvalue weighted by molar-refractivity contribution is 5.88. The Hall–Kier alpha value is -2.14. The Kier molecular flexibility index (Phi) is 4.90. The molecule has 5 heteroatoms. The quantitative estimate of drug-likeness (QED) is 0.818. The Labute approximate surface area is 118 Å². The summed E-state index contributed by atoms with van der Waals surface area (Å²) in [6, 6.07) is 7.66. The van der Waals surface area contributed by atoms with E-state index < -0.39 is 0 Å². The summed E-state index contributed by atoms with van der Waals surface area (Å²) in [7, 11) is 1.36. The number of methoxy groups -OCH3 is 1. The fourth-order valence-corrected chi connectivity index (χ4v) is 1.85. The average molecular weight is 274 g/mol. The van der Waals surface area contributed by atoms with E-state index >= 15 is 0 Å². The second-order valence-corrected chi connectivity index (χ2v) is 4.60. The van der Waals surface area contributed by atoms with Crippen LogP contribution < -0.4 is 5.32 Å². The van der Waals surface area contributed by atoms with Gasteiger partial charge in [0, 0.05) is 25.2 Å². The fraction of sp³-hybridized carbons (Fsp3) is 0.333. The first-order chi connectivity index (χ1) is 9.69. The molecule has 0 aliphatic rings. The van der Waals surface area contributed by atoms with Gasteiger partial charge in [-0.3, -0.25) is 4.98 Å². The normalized spacial score (nSPS) is 12.1. The Morgan fingerprint density at radius 3 is 2.90 bits per heavy atom. The van der Waals surface area contributed by atoms with E-state index in [9.17, 15) is 4.79 Å². The number of carbonyl (C=O) groups is 1. The molecule has 0 aliphatic carbocycles. The summed E-state index contributed by atoms with van der Waals surface area (Å²) in [4.78, 5) is 15.5. The molecule has 2 heterocycles. The lowest BCUT2D eigenvalue weighted by molar-refractivity contribution is 0.0600. The van der Waals surface area contributed by atoms with E-state index in [1.165, 1.54) is 13.3 Å². The number of hydrogen-bond donors (Lipinski definition) is 1. The minimum absolute atomic E-state index is 0.281. The van der Waals surface area contributed by atoms with Crippen LogP contribution in [0, 0.1) is 0 Å². The van der Waals surface area contributed by atoms with Crippen molar-refractivity contribution < 1.29 is 13.9 Å². The molecule has 0 aromatic carbocycles. The van der Waals surface area contributed by atoms with Gasteiger partial charge in [-0.05, 0) is 31.2 Å². The first-order valence-corrected chi connectivity index (χ1v) is 6.48. The van der Waals surface area contributed by atoms with Gasteiger partial charge in [0.25, 0.3) is 0 Å². The van der Waals surface area contributed by atoms with E-state index in [0.29, 0.717) is 12.1 Å². The number of carbonyl (C=O) groups excluding carboxylic acids is 1. The second kappa shape index (κ2) is 6.86. The predicted octanol–water partition coefficient (Wildman–Crippen LogP) is 2.18. The Morgan fingerprint density at radius 1 is 1.45 bits per heavy atom. The van der Waals surface area contributed by atoms with Crippen LogP contribution in [-0.4, -0.2) is 24.1 Å². The number of rotatable bonds is 6. The molecule has 0 bridgehead atoms. The molecule has 1 atom stereocenters. The van der Waals surface area contributed by atoms with Gasteiger partial charge in [-0.1, -0.05) is 0 Å². The van der Waals surface area contributed by atoms with Crippen molar-refractivity contribution in [2.75, 3.05) is 7.11 Å². The number of nitrogens with one attached hydrogen (secondary N) is 1. The zero-order chi connectivity index (χ0) is 14.4. The lowest BCUT2D eigenvalue weighted by atomic mass is 10.2. The van der Waals surface area contributed by atoms with Gasteiger partial charge in [0.1, 0.15) is 5.76 Å². The van der Waals surface area contributed by atoms with Gasteiger partial charge in [-0.2, -0.15) is 0 Å². The molecule has 0 aliphatic heterocycles. The molecule has 2 aromatic heterocycles. The number of esters is 1. The maximum atomic E-state index is 11.3. The van der Waals surface area contributed by atoms with Crippen LogP contribution >= 0.6 is 0 Å². The van der Waals surface area contributed by atoms with E-state index in [1.807, 2.05) is 18.2 Å². The van der Waals surface area contributed by atoms with E-state index in [-0.39, 0.29) is 12.0 Å². The number of hydrogen-bond acceptors (Lipinski definition) is 5. The summed E-state index contributed by atoms with van der Waals surface area (Å²) in [6.07, 6.45) is 4.03. The standard InChI is InChI=1S/C15H18N2O3/c1-11(8-14-4-3-7-20-14)16-10-13-6-5-12(9-17-13)15(18)19-2/h3-7,9,11,16H,8,10H2,1-2H3. The zero-order valence-electron chi connectivity index (χ0n) is 11.6. The highest BCUT2D eigenvalue weighted by atomic mass is 16.5. The largest absolute Gasteiger partial charge is 0.469 e. The number of nitrogens with zero attached hydrogens (tertiary/aromatic N) is 1. The molecule has 0 amide bonds. The minimum atomic E-state index is -0.372. The van der Waals surface area contributed by atoms with E-state index in [1.54, 1.807) is 12.3 Å². The SMILES string of the molecule is COC(=O)c1ccc(CNC(C)Cc2ccco2)nc1. The third-order valence-corrected chi connectivity index (χ3v) is 2.96. The van der Waals surface area contributed by atoms with Crippen molar-refractivity contribution in [1.29, 1.82) is 0 Å². The number of aromatic nitrogens is 1. The number of pyridine rings is 1. The molecule has 1 unspecified atom stereocenters. The average Bonchev–Trinajstić information content (AvgIpc) is 2.97. The molecule has 0 fully saturated rings. The topological polar surface area (TPSA) is 64.4 Å². The second-order valence-electron chi connectivity index (χ2n) is 4.60. The molecule has 20 heavy (non-hydrogen) atoms. The Balaban J connectivity index is 1.83. The molecule has 2 aromatic rings. The maximum Gasteiger partial charge on any atom is 0.339 e. The molecule has 1 N–H and O–H groups in total. The summed E-state index contributed by atoms with van der Waals surface area (Å²) >= 11 is 0. The monoisotopic (exact) mass is 274 g/mol. The van der Waals surface area contributed by atoms with Gasteiger partial charge in [0.2, 0.25) is 0 Å². The van der Waals surface area contributed by atoms with Gasteiger partial charge in [0.15, 0.2) is 0 Å². The molecule has 5 nitrogen and oxygen atoms in total. The Morgan fingerprint density at radius 2 is 2.30 bits per heavy atom. The lowest BCUT2D eigenvalue weighted by Gasteiger charge is -2.12. The smallest absolute Gasteiger partial charge is 0.339 e. The summed E-state index contributed by atoms with van der Waals surface area (Å²) in [5.41, 5.74) is 1.34. The molecule has 106 valence electrons. The first kappa shape index (κ1) is 14.3. The molecule has 2 rings (SSSR count). The third-order valence-electron chi connectivity index (χ3n) is 2.96. The van der Waals surface area contributed by atoms with Gasteiger partial charge in [-0.15, -0.1) is 0 Å². The molecular formula is C15H18N2O3. The van der Waals surface area contributed by atoms with Crippen LogP contribution in [-0.2, 0) is 17.7 Å². The van der Waals surface area contributed by atoms with Crippen LogP contribution in [0.3, 0.4) is 0 Å². The van der Waals surface area contributed by atoms with E-state index in [2.05, 4.69) is 22.0 Å². The molecular weight excluding hydrogens is 256 g/mol. The van der Waals surface area contributed by atoms with Gasteiger partial charge in [-0.25, -0.2) is 4.79 Å². The van der Waals surface area contributed by atoms with Crippen LogP contribution in [0.2, 0.25) is 0 Å². The fourth-order valence-electron chi connectivity index (χ4n) is 1.85. The highest BCUT2D eigenvalue weighted by Gasteiger charge is 2.07. The van der Waals surface area contributed by atoms with Crippen LogP contribution in [0.5, 0.6) is 0 Å². The number of ether oxygens (including phenoxy) is 1. The number of furan rings is 1. The zero-order valence-corrected chi connectivity index (χ0v) is 11.6. The summed E-state index contributed by atoms with van der Waals surface area (Å²) in [6.45, 7) is 2.73. The maximum absolute atomic E-state index is 11.3. The van der Waals surface area contributed by atoms with Gasteiger partial charge in [0.05, 0.1) is 24.6 Å². The first-order valence-electron chi connectivity index (χ1n) is 6.48. The van der Waals surface area contributed by atoms with Crippen molar-refractivity contribution in [3.63, 3.8) is 0 Å². The lowest BCUT2D eigenvalue weighted by Crippen LogP contribution is -2.27. The van der Waals surface area contributed by atoms with Crippen molar-refractivity contribution in [2.24, 2.45) is 0 Å². The summed E-state index contributed by atoms with van der Waals surface area (Å²) < 4.78 is 9.93. The van der Waals surface area contributed by atoms with Crippen molar-refractivity contribution in [1.82, 2.24) is 10.3 Å². The highest BCUT2D eigenvalue weighted by Crippen LogP contribution is 2.05.